The lowest BCUT2D eigenvalue weighted by atomic mass is 9.84. The molecule has 3 rings (SSSR count). The summed E-state index contributed by atoms with van der Waals surface area (Å²) in [5.74, 6) is -0.288. The van der Waals surface area contributed by atoms with Crippen LogP contribution in [0, 0.1) is 5.92 Å². The van der Waals surface area contributed by atoms with Crippen molar-refractivity contribution in [3.05, 3.63) is 0 Å². The highest BCUT2D eigenvalue weighted by Crippen LogP contribution is 2.27. The Balaban J connectivity index is 1.90. The normalized spacial score (nSPS) is 29.8. The number of carboxylic acids is 1. The number of nitrogens with zero attached hydrogens (tertiary/aromatic N) is 2. The van der Waals surface area contributed by atoms with Crippen LogP contribution in [0.4, 0.5) is 4.79 Å². The standard InChI is InChI=1S/C14H25N3O3/c1-3-17(10(2)8-13(18)19)14(20)15-12-9-16-6-4-11(12)5-7-16/h10-12H,3-9H2,1-2H3,(H,15,20)(H,18,19). The molecular weight excluding hydrogens is 258 g/mol. The number of amides is 2. The zero-order chi connectivity index (χ0) is 14.7. The zero-order valence-electron chi connectivity index (χ0n) is 12.3. The first-order valence-electron chi connectivity index (χ1n) is 7.52. The van der Waals surface area contributed by atoms with Crippen molar-refractivity contribution in [3.8, 4) is 0 Å². The van der Waals surface area contributed by atoms with Gasteiger partial charge in [0.2, 0.25) is 0 Å². The second-order valence-corrected chi connectivity index (χ2v) is 5.93. The van der Waals surface area contributed by atoms with Gasteiger partial charge in [0.05, 0.1) is 6.42 Å². The summed E-state index contributed by atoms with van der Waals surface area (Å²) in [7, 11) is 0. The minimum atomic E-state index is -0.869. The maximum absolute atomic E-state index is 12.3. The van der Waals surface area contributed by atoms with E-state index >= 15 is 0 Å². The quantitative estimate of drug-likeness (QED) is 0.789. The van der Waals surface area contributed by atoms with Gasteiger partial charge in [-0.1, -0.05) is 0 Å². The van der Waals surface area contributed by atoms with Gasteiger partial charge in [-0.15, -0.1) is 0 Å². The topological polar surface area (TPSA) is 72.9 Å². The molecule has 20 heavy (non-hydrogen) atoms. The van der Waals surface area contributed by atoms with Crippen LogP contribution >= 0.6 is 0 Å². The Morgan fingerprint density at radius 3 is 2.50 bits per heavy atom. The van der Waals surface area contributed by atoms with E-state index in [1.165, 1.54) is 0 Å². The molecule has 0 radical (unpaired) electrons. The lowest BCUT2D eigenvalue weighted by Gasteiger charge is -2.45. The van der Waals surface area contributed by atoms with Gasteiger partial charge < -0.3 is 20.2 Å². The van der Waals surface area contributed by atoms with E-state index in [0.29, 0.717) is 12.5 Å². The van der Waals surface area contributed by atoms with Crippen LogP contribution in [0.2, 0.25) is 0 Å². The van der Waals surface area contributed by atoms with Crippen molar-refractivity contribution in [1.29, 1.82) is 0 Å². The van der Waals surface area contributed by atoms with E-state index in [0.717, 1.165) is 32.5 Å². The van der Waals surface area contributed by atoms with Crippen molar-refractivity contribution in [1.82, 2.24) is 15.1 Å². The summed E-state index contributed by atoms with van der Waals surface area (Å²) >= 11 is 0. The third kappa shape index (κ3) is 3.42. The summed E-state index contributed by atoms with van der Waals surface area (Å²) in [6.07, 6.45) is 2.30. The predicted octanol–water partition coefficient (Wildman–Crippen LogP) is 0.975. The van der Waals surface area contributed by atoms with Crippen molar-refractivity contribution >= 4 is 12.0 Å². The van der Waals surface area contributed by atoms with Gasteiger partial charge >= 0.3 is 12.0 Å². The van der Waals surface area contributed by atoms with Gasteiger partial charge in [-0.05, 0) is 45.7 Å². The number of urea groups is 1. The molecule has 0 saturated carbocycles. The fourth-order valence-electron chi connectivity index (χ4n) is 3.39. The van der Waals surface area contributed by atoms with E-state index in [2.05, 4.69) is 10.2 Å². The minimum absolute atomic E-state index is 0.0124. The molecule has 0 aromatic heterocycles. The number of fused-ring (bicyclic) bond motifs is 3. The average molecular weight is 283 g/mol. The molecule has 6 nitrogen and oxygen atoms in total. The van der Waals surface area contributed by atoms with E-state index in [9.17, 15) is 9.59 Å². The summed E-state index contributed by atoms with van der Waals surface area (Å²) in [4.78, 5) is 27.1. The van der Waals surface area contributed by atoms with Crippen LogP contribution in [0.1, 0.15) is 33.1 Å². The molecular formula is C14H25N3O3. The molecule has 0 spiro atoms. The molecule has 114 valence electrons. The van der Waals surface area contributed by atoms with Crippen molar-refractivity contribution in [2.24, 2.45) is 5.92 Å². The largest absolute Gasteiger partial charge is 0.481 e. The van der Waals surface area contributed by atoms with Gasteiger partial charge in [-0.2, -0.15) is 0 Å². The van der Waals surface area contributed by atoms with Gasteiger partial charge in [-0.3, -0.25) is 4.79 Å². The van der Waals surface area contributed by atoms with Crippen molar-refractivity contribution in [2.45, 2.75) is 45.2 Å². The summed E-state index contributed by atoms with van der Waals surface area (Å²) in [6, 6.07) is -0.185. The Morgan fingerprint density at radius 1 is 1.40 bits per heavy atom. The number of carbonyl (C=O) groups is 2. The maximum Gasteiger partial charge on any atom is 0.317 e. The van der Waals surface area contributed by atoms with Crippen LogP contribution in [-0.4, -0.2) is 65.2 Å². The molecule has 3 aliphatic rings. The highest BCUT2D eigenvalue weighted by Gasteiger charge is 2.35. The van der Waals surface area contributed by atoms with E-state index in [4.69, 9.17) is 5.11 Å². The number of piperidine rings is 3. The first kappa shape index (κ1) is 15.1. The van der Waals surface area contributed by atoms with Crippen LogP contribution < -0.4 is 5.32 Å². The van der Waals surface area contributed by atoms with E-state index in [1.54, 1.807) is 11.8 Å². The SMILES string of the molecule is CCN(C(=O)NC1CN2CCC1CC2)C(C)CC(=O)O. The molecule has 0 aromatic rings. The molecule has 2 atom stereocenters. The molecule has 6 heteroatoms. The summed E-state index contributed by atoms with van der Waals surface area (Å²) in [5, 5.41) is 12.0. The van der Waals surface area contributed by atoms with Gasteiger partial charge in [0.25, 0.3) is 0 Å². The third-order valence-electron chi connectivity index (χ3n) is 4.57. The van der Waals surface area contributed by atoms with Crippen LogP contribution in [0.3, 0.4) is 0 Å². The fraction of sp³-hybridized carbons (Fsp3) is 0.857. The lowest BCUT2D eigenvalue weighted by Crippen LogP contribution is -2.59. The molecule has 3 aliphatic heterocycles. The average Bonchev–Trinajstić information content (AvgIpc) is 2.39. The third-order valence-corrected chi connectivity index (χ3v) is 4.57. The molecule has 2 unspecified atom stereocenters. The first-order valence-corrected chi connectivity index (χ1v) is 7.52. The summed E-state index contributed by atoms with van der Waals surface area (Å²) in [6.45, 7) is 7.42. The molecule has 0 aromatic carbocycles. The number of carbonyl (C=O) groups excluding carboxylic acids is 1. The molecule has 3 saturated heterocycles. The van der Waals surface area contributed by atoms with Crippen LogP contribution in [0.5, 0.6) is 0 Å². The van der Waals surface area contributed by atoms with Crippen molar-refractivity contribution in [2.75, 3.05) is 26.2 Å². The van der Waals surface area contributed by atoms with Gasteiger partial charge in [0, 0.05) is 25.2 Å². The Morgan fingerprint density at radius 2 is 2.05 bits per heavy atom. The van der Waals surface area contributed by atoms with Crippen molar-refractivity contribution in [3.63, 3.8) is 0 Å². The van der Waals surface area contributed by atoms with Crippen molar-refractivity contribution < 1.29 is 14.7 Å². The first-order chi connectivity index (χ1) is 9.51. The van der Waals surface area contributed by atoms with E-state index < -0.39 is 5.97 Å². The molecule has 3 fully saturated rings. The molecule has 3 heterocycles. The van der Waals surface area contributed by atoms with E-state index in [-0.39, 0.29) is 24.5 Å². The fourth-order valence-corrected chi connectivity index (χ4v) is 3.39. The molecule has 0 aliphatic carbocycles. The highest BCUT2D eigenvalue weighted by atomic mass is 16.4. The smallest absolute Gasteiger partial charge is 0.317 e. The van der Waals surface area contributed by atoms with Gasteiger partial charge in [0.15, 0.2) is 0 Å². The maximum atomic E-state index is 12.3. The molecule has 2 N–H and O–H groups in total. The van der Waals surface area contributed by atoms with E-state index in [1.807, 2.05) is 6.92 Å². The van der Waals surface area contributed by atoms with Crippen LogP contribution in [-0.2, 0) is 4.79 Å². The summed E-state index contributed by atoms with van der Waals surface area (Å²) in [5.41, 5.74) is 0. The molecule has 2 bridgehead atoms. The van der Waals surface area contributed by atoms with Gasteiger partial charge in [0.1, 0.15) is 0 Å². The monoisotopic (exact) mass is 283 g/mol. The Bertz CT molecular complexity index is 367. The number of nitrogens with one attached hydrogen (secondary N) is 1. The highest BCUT2D eigenvalue weighted by molar-refractivity contribution is 5.76. The lowest BCUT2D eigenvalue weighted by molar-refractivity contribution is -0.138. The number of carboxylic acid groups (broad SMARTS) is 1. The van der Waals surface area contributed by atoms with Crippen LogP contribution in [0.25, 0.3) is 0 Å². The Kier molecular flexibility index (Phi) is 4.86. The summed E-state index contributed by atoms with van der Waals surface area (Å²) < 4.78 is 0. The number of aliphatic carboxylic acids is 1. The van der Waals surface area contributed by atoms with Gasteiger partial charge in [-0.25, -0.2) is 4.79 Å². The van der Waals surface area contributed by atoms with Crippen LogP contribution in [0.15, 0.2) is 0 Å². The second kappa shape index (κ2) is 6.43. The zero-order valence-corrected chi connectivity index (χ0v) is 12.3. The number of rotatable bonds is 5. The predicted molar refractivity (Wildman–Crippen MR) is 75.6 cm³/mol. The minimum Gasteiger partial charge on any atom is -0.481 e. The Hall–Kier alpha value is -1.30. The Labute approximate surface area is 120 Å². The number of hydrogen-bond acceptors (Lipinski definition) is 3. The second-order valence-electron chi connectivity index (χ2n) is 5.93. The number of hydrogen-bond donors (Lipinski definition) is 2. The molecule has 2 amide bonds.